The Balaban J connectivity index is 1.66. The summed E-state index contributed by atoms with van der Waals surface area (Å²) in [5.74, 6) is 0.168. The van der Waals surface area contributed by atoms with Gasteiger partial charge < -0.3 is 15.2 Å². The minimum absolute atomic E-state index is 0.00758. The van der Waals surface area contributed by atoms with Crippen LogP contribution in [0.4, 0.5) is 5.69 Å². The Morgan fingerprint density at radius 2 is 1.86 bits per heavy atom. The maximum Gasteiger partial charge on any atom is 0.251 e. The zero-order chi connectivity index (χ0) is 21.0. The Hall–Kier alpha value is -3.26. The molecule has 29 heavy (non-hydrogen) atoms. The molecule has 0 aliphatic carbocycles. The van der Waals surface area contributed by atoms with Crippen molar-refractivity contribution in [2.75, 3.05) is 5.32 Å². The molecule has 7 nitrogen and oxygen atoms in total. The van der Waals surface area contributed by atoms with Gasteiger partial charge in [0.1, 0.15) is 6.54 Å². The third-order valence-corrected chi connectivity index (χ3v) is 5.01. The lowest BCUT2D eigenvalue weighted by atomic mass is 10.1. The highest BCUT2D eigenvalue weighted by atomic mass is 32.1. The number of nitrogens with zero attached hydrogens (tertiary/aromatic N) is 3. The first-order valence-electron chi connectivity index (χ1n) is 9.18. The third-order valence-electron chi connectivity index (χ3n) is 4.52. The van der Waals surface area contributed by atoms with Crippen LogP contribution >= 0.6 is 12.2 Å². The Kier molecular flexibility index (Phi) is 6.23. The lowest BCUT2D eigenvalue weighted by Gasteiger charge is -2.07. The zero-order valence-corrected chi connectivity index (χ0v) is 17.4. The Bertz CT molecular complexity index is 1120. The fourth-order valence-electron chi connectivity index (χ4n) is 2.93. The van der Waals surface area contributed by atoms with E-state index in [1.54, 1.807) is 17.7 Å². The molecule has 8 heteroatoms. The smallest absolute Gasteiger partial charge is 0.251 e. The summed E-state index contributed by atoms with van der Waals surface area (Å²) < 4.78 is 3.55. The van der Waals surface area contributed by atoms with Crippen LogP contribution in [-0.2, 0) is 24.9 Å². The van der Waals surface area contributed by atoms with Gasteiger partial charge in [0.25, 0.3) is 5.91 Å². The van der Waals surface area contributed by atoms with Gasteiger partial charge in [0.05, 0.1) is 6.54 Å². The molecule has 3 rings (SSSR count). The summed E-state index contributed by atoms with van der Waals surface area (Å²) in [7, 11) is 1.76. The molecule has 0 radical (unpaired) electrons. The maximum absolute atomic E-state index is 12.4. The van der Waals surface area contributed by atoms with Gasteiger partial charge in [-0.15, -0.1) is 0 Å². The molecule has 3 aromatic rings. The maximum atomic E-state index is 12.4. The van der Waals surface area contributed by atoms with Crippen molar-refractivity contribution in [2.24, 2.45) is 7.05 Å². The van der Waals surface area contributed by atoms with Gasteiger partial charge in [-0.2, -0.15) is 5.10 Å². The van der Waals surface area contributed by atoms with Gasteiger partial charge in [0.2, 0.25) is 5.91 Å². The van der Waals surface area contributed by atoms with Crippen LogP contribution in [0.5, 0.6) is 0 Å². The average Bonchev–Trinajstić information content (AvgIpc) is 2.94. The van der Waals surface area contributed by atoms with Crippen LogP contribution in [0.15, 0.2) is 48.5 Å². The van der Waals surface area contributed by atoms with Crippen molar-refractivity contribution >= 4 is 29.7 Å². The van der Waals surface area contributed by atoms with Crippen molar-refractivity contribution in [1.29, 1.82) is 0 Å². The highest BCUT2D eigenvalue weighted by Gasteiger charge is 2.13. The number of nitrogens with one attached hydrogen (secondary N) is 2. The van der Waals surface area contributed by atoms with E-state index in [9.17, 15) is 9.59 Å². The van der Waals surface area contributed by atoms with Gasteiger partial charge in [-0.25, -0.2) is 4.68 Å². The van der Waals surface area contributed by atoms with Crippen molar-refractivity contribution in [3.63, 3.8) is 0 Å². The second-order valence-corrected chi connectivity index (χ2v) is 7.20. The van der Waals surface area contributed by atoms with Crippen LogP contribution < -0.4 is 10.6 Å². The van der Waals surface area contributed by atoms with Gasteiger partial charge >= 0.3 is 0 Å². The molecule has 0 saturated heterocycles. The molecule has 1 aromatic heterocycles. The van der Waals surface area contributed by atoms with E-state index in [1.807, 2.05) is 56.3 Å². The fraction of sp³-hybridized carbons (Fsp3) is 0.238. The SMILES string of the molecule is Cc1cccc(NC(=O)Cn2nc(CNC(=O)c3ccccc3C)n(C)c2=S)c1. The number of benzene rings is 2. The van der Waals surface area contributed by atoms with Crippen LogP contribution in [0.2, 0.25) is 0 Å². The molecule has 2 N–H and O–H groups in total. The Morgan fingerprint density at radius 3 is 2.59 bits per heavy atom. The summed E-state index contributed by atoms with van der Waals surface area (Å²) in [6.07, 6.45) is 0. The predicted molar refractivity (Wildman–Crippen MR) is 114 cm³/mol. The molecule has 0 aliphatic rings. The lowest BCUT2D eigenvalue weighted by Crippen LogP contribution is -2.25. The number of hydrogen-bond donors (Lipinski definition) is 2. The molecule has 0 atom stereocenters. The van der Waals surface area contributed by atoms with Gasteiger partial charge in [-0.1, -0.05) is 30.3 Å². The molecule has 150 valence electrons. The summed E-state index contributed by atoms with van der Waals surface area (Å²) in [4.78, 5) is 24.8. The van der Waals surface area contributed by atoms with Crippen LogP contribution in [-0.4, -0.2) is 26.2 Å². The number of hydrogen-bond acceptors (Lipinski definition) is 4. The van der Waals surface area contributed by atoms with Gasteiger partial charge in [-0.3, -0.25) is 9.59 Å². The topological polar surface area (TPSA) is 81.0 Å². The molecule has 0 unspecified atom stereocenters. The number of carbonyl (C=O) groups excluding carboxylic acids is 2. The number of amides is 2. The summed E-state index contributed by atoms with van der Waals surface area (Å²) in [5, 5.41) is 10.1. The van der Waals surface area contributed by atoms with Crippen LogP contribution in [0.1, 0.15) is 27.3 Å². The largest absolute Gasteiger partial charge is 0.345 e. The lowest BCUT2D eigenvalue weighted by molar-refractivity contribution is -0.116. The molecule has 1 heterocycles. The van der Waals surface area contributed by atoms with Crippen molar-refractivity contribution in [3.8, 4) is 0 Å². The first kappa shape index (κ1) is 20.5. The van der Waals surface area contributed by atoms with Crippen LogP contribution in [0, 0.1) is 18.6 Å². The quantitative estimate of drug-likeness (QED) is 0.613. The number of anilines is 1. The highest BCUT2D eigenvalue weighted by Crippen LogP contribution is 2.10. The van der Waals surface area contributed by atoms with E-state index in [0.717, 1.165) is 16.8 Å². The molecule has 0 saturated carbocycles. The Labute approximate surface area is 174 Å². The molecule has 0 bridgehead atoms. The van der Waals surface area contributed by atoms with E-state index in [-0.39, 0.29) is 24.9 Å². The first-order chi connectivity index (χ1) is 13.8. The fourth-order valence-corrected chi connectivity index (χ4v) is 3.14. The molecule has 2 aromatic carbocycles. The van der Waals surface area contributed by atoms with E-state index in [4.69, 9.17) is 12.2 Å². The van der Waals surface area contributed by atoms with Gasteiger partial charge in [-0.05, 0) is 55.4 Å². The van der Waals surface area contributed by atoms with E-state index < -0.39 is 0 Å². The third kappa shape index (κ3) is 4.97. The van der Waals surface area contributed by atoms with Crippen LogP contribution in [0.3, 0.4) is 0 Å². The first-order valence-corrected chi connectivity index (χ1v) is 9.59. The summed E-state index contributed by atoms with van der Waals surface area (Å²) in [6.45, 7) is 4.05. The van der Waals surface area contributed by atoms with Crippen molar-refractivity contribution in [3.05, 3.63) is 75.8 Å². The standard InChI is InChI=1S/C21H23N5O2S/c1-14-7-6-9-16(11-14)23-19(27)13-26-21(29)25(3)18(24-26)12-22-20(28)17-10-5-4-8-15(17)2/h4-11H,12-13H2,1-3H3,(H,22,28)(H,23,27). The van der Waals surface area contributed by atoms with Crippen LogP contribution in [0.25, 0.3) is 0 Å². The number of rotatable bonds is 6. The summed E-state index contributed by atoms with van der Waals surface area (Å²) in [6, 6.07) is 14.9. The number of aryl methyl sites for hydroxylation is 2. The van der Waals surface area contributed by atoms with Gasteiger partial charge in [0.15, 0.2) is 10.6 Å². The molecule has 0 spiro atoms. The molecule has 2 amide bonds. The van der Waals surface area contributed by atoms with Gasteiger partial charge in [0, 0.05) is 18.3 Å². The predicted octanol–water partition coefficient (Wildman–Crippen LogP) is 3.14. The number of aromatic nitrogens is 3. The highest BCUT2D eigenvalue weighted by molar-refractivity contribution is 7.71. The molecular formula is C21H23N5O2S. The summed E-state index contributed by atoms with van der Waals surface area (Å²) >= 11 is 5.38. The van der Waals surface area contributed by atoms with E-state index in [2.05, 4.69) is 15.7 Å². The normalized spacial score (nSPS) is 10.6. The number of carbonyl (C=O) groups is 2. The van der Waals surface area contributed by atoms with E-state index in [1.165, 1.54) is 4.68 Å². The molecule has 0 fully saturated rings. The van der Waals surface area contributed by atoms with Crippen molar-refractivity contribution in [2.45, 2.75) is 26.9 Å². The second kappa shape index (κ2) is 8.83. The van der Waals surface area contributed by atoms with E-state index >= 15 is 0 Å². The molecule has 0 aliphatic heterocycles. The van der Waals surface area contributed by atoms with Crippen molar-refractivity contribution in [1.82, 2.24) is 19.7 Å². The minimum Gasteiger partial charge on any atom is -0.345 e. The monoisotopic (exact) mass is 409 g/mol. The Morgan fingerprint density at radius 1 is 1.10 bits per heavy atom. The van der Waals surface area contributed by atoms with E-state index in [0.29, 0.717) is 16.2 Å². The molecular weight excluding hydrogens is 386 g/mol. The average molecular weight is 410 g/mol. The zero-order valence-electron chi connectivity index (χ0n) is 16.6. The summed E-state index contributed by atoms with van der Waals surface area (Å²) in [5.41, 5.74) is 3.30. The van der Waals surface area contributed by atoms with Crippen molar-refractivity contribution < 1.29 is 9.59 Å². The minimum atomic E-state index is -0.222. The second-order valence-electron chi connectivity index (χ2n) is 6.83.